The highest BCUT2D eigenvalue weighted by Crippen LogP contribution is 2.21. The van der Waals surface area contributed by atoms with E-state index >= 15 is 0 Å². The highest BCUT2D eigenvalue weighted by Gasteiger charge is 2.21. The van der Waals surface area contributed by atoms with Crippen LogP contribution in [0.2, 0.25) is 5.02 Å². The molecule has 0 aliphatic carbocycles. The molecule has 0 radical (unpaired) electrons. The van der Waals surface area contributed by atoms with Crippen LogP contribution in [0.15, 0.2) is 47.4 Å². The summed E-state index contributed by atoms with van der Waals surface area (Å²) in [6.45, 7) is 5.98. The number of nitrogens with zero attached hydrogens (tertiary/aromatic N) is 1. The molecule has 2 N–H and O–H groups in total. The van der Waals surface area contributed by atoms with Crippen LogP contribution in [0.1, 0.15) is 19.4 Å². The Morgan fingerprint density at radius 2 is 1.77 bits per heavy atom. The van der Waals surface area contributed by atoms with Crippen LogP contribution >= 0.6 is 23.8 Å². The van der Waals surface area contributed by atoms with Crippen LogP contribution in [-0.2, 0) is 14.8 Å². The Kier molecular flexibility index (Phi) is 8.60. The average molecular weight is 470 g/mol. The summed E-state index contributed by atoms with van der Waals surface area (Å²) < 4.78 is 31.9. The lowest BCUT2D eigenvalue weighted by Crippen LogP contribution is -2.37. The summed E-state index contributed by atoms with van der Waals surface area (Å²) >= 11 is 11.0. The van der Waals surface area contributed by atoms with Crippen molar-refractivity contribution in [2.24, 2.45) is 0 Å². The first-order valence-electron chi connectivity index (χ1n) is 9.27. The van der Waals surface area contributed by atoms with Gasteiger partial charge in [-0.15, -0.1) is 0 Å². The third kappa shape index (κ3) is 6.40. The van der Waals surface area contributed by atoms with Crippen LogP contribution in [0, 0.1) is 6.92 Å². The van der Waals surface area contributed by atoms with Gasteiger partial charge in [0, 0.05) is 23.8 Å². The molecule has 10 heteroatoms. The number of nitrogens with one attached hydrogen (secondary N) is 2. The smallest absolute Gasteiger partial charge is 0.264 e. The number of hydrogen-bond acceptors (Lipinski definition) is 5. The standard InChI is InChI=1S/C20H24ClN3O4S2/c1-4-24(5-2)30(26,27)17-9-7-16(8-10-17)22-20(29)23-19(25)13-28-18-11-6-15(21)12-14(18)3/h6-12H,4-5,13H2,1-3H3,(H2,22,23,25,29). The van der Waals surface area contributed by atoms with Crippen LogP contribution in [-0.4, -0.2) is 43.4 Å². The topological polar surface area (TPSA) is 87.7 Å². The van der Waals surface area contributed by atoms with Crippen molar-refractivity contribution in [1.82, 2.24) is 9.62 Å². The predicted octanol–water partition coefficient (Wildman–Crippen LogP) is 3.57. The van der Waals surface area contributed by atoms with Gasteiger partial charge < -0.3 is 10.1 Å². The van der Waals surface area contributed by atoms with E-state index in [1.165, 1.54) is 16.4 Å². The number of sulfonamides is 1. The second-order valence-corrected chi connectivity index (χ2v) is 9.10. The molecule has 1 amide bonds. The fourth-order valence-corrected chi connectivity index (χ4v) is 4.58. The van der Waals surface area contributed by atoms with Crippen LogP contribution in [0.25, 0.3) is 0 Å². The Labute approximate surface area is 187 Å². The molecule has 162 valence electrons. The largest absolute Gasteiger partial charge is 0.483 e. The maximum Gasteiger partial charge on any atom is 0.264 e. The minimum atomic E-state index is -3.53. The monoisotopic (exact) mass is 469 g/mol. The lowest BCUT2D eigenvalue weighted by atomic mass is 10.2. The number of rotatable bonds is 8. The number of ether oxygens (including phenoxy) is 1. The van der Waals surface area contributed by atoms with Crippen LogP contribution < -0.4 is 15.4 Å². The van der Waals surface area contributed by atoms with Gasteiger partial charge in [0.15, 0.2) is 11.7 Å². The zero-order valence-corrected chi connectivity index (χ0v) is 19.3. The van der Waals surface area contributed by atoms with Crippen molar-refractivity contribution in [3.05, 3.63) is 53.1 Å². The first-order valence-corrected chi connectivity index (χ1v) is 11.5. The number of benzene rings is 2. The predicted molar refractivity (Wildman–Crippen MR) is 123 cm³/mol. The van der Waals surface area contributed by atoms with E-state index in [1.54, 1.807) is 44.2 Å². The van der Waals surface area contributed by atoms with E-state index in [0.717, 1.165) is 5.56 Å². The summed E-state index contributed by atoms with van der Waals surface area (Å²) in [5.41, 5.74) is 1.36. The molecule has 0 aromatic heterocycles. The molecule has 0 saturated carbocycles. The maximum absolute atomic E-state index is 12.5. The van der Waals surface area contributed by atoms with E-state index < -0.39 is 15.9 Å². The summed E-state index contributed by atoms with van der Waals surface area (Å²) in [5.74, 6) is 0.126. The molecular weight excluding hydrogens is 446 g/mol. The van der Waals surface area contributed by atoms with Crippen LogP contribution in [0.3, 0.4) is 0 Å². The number of halogens is 1. The van der Waals surface area contributed by atoms with Crippen molar-refractivity contribution in [1.29, 1.82) is 0 Å². The molecule has 30 heavy (non-hydrogen) atoms. The normalized spacial score (nSPS) is 11.2. The molecule has 0 fully saturated rings. The van der Waals surface area contributed by atoms with E-state index in [-0.39, 0.29) is 16.6 Å². The lowest BCUT2D eigenvalue weighted by Gasteiger charge is -2.18. The van der Waals surface area contributed by atoms with Gasteiger partial charge in [-0.2, -0.15) is 4.31 Å². The van der Waals surface area contributed by atoms with Gasteiger partial charge in [-0.05, 0) is 67.2 Å². The Hall–Kier alpha value is -2.20. The zero-order valence-electron chi connectivity index (χ0n) is 16.9. The number of anilines is 1. The molecule has 7 nitrogen and oxygen atoms in total. The Bertz CT molecular complexity index is 1010. The highest BCUT2D eigenvalue weighted by molar-refractivity contribution is 7.89. The van der Waals surface area contributed by atoms with Gasteiger partial charge in [0.05, 0.1) is 4.90 Å². The molecule has 0 spiro atoms. The van der Waals surface area contributed by atoms with Gasteiger partial charge in [0.25, 0.3) is 5.91 Å². The zero-order chi connectivity index (χ0) is 22.3. The molecule has 0 bridgehead atoms. The molecule has 0 unspecified atom stereocenters. The van der Waals surface area contributed by atoms with Gasteiger partial charge in [0.1, 0.15) is 5.75 Å². The fraction of sp³-hybridized carbons (Fsp3) is 0.300. The van der Waals surface area contributed by atoms with Gasteiger partial charge in [-0.25, -0.2) is 8.42 Å². The first-order chi connectivity index (χ1) is 14.2. The summed E-state index contributed by atoms with van der Waals surface area (Å²) in [7, 11) is -3.53. The third-order valence-corrected chi connectivity index (χ3v) is 6.71. The van der Waals surface area contributed by atoms with E-state index in [0.29, 0.717) is 29.5 Å². The summed E-state index contributed by atoms with van der Waals surface area (Å²) in [6, 6.07) is 11.3. The van der Waals surface area contributed by atoms with E-state index in [4.69, 9.17) is 28.6 Å². The molecule has 2 aromatic rings. The Morgan fingerprint density at radius 3 is 2.33 bits per heavy atom. The second kappa shape index (κ2) is 10.7. The van der Waals surface area contributed by atoms with Gasteiger partial charge in [-0.3, -0.25) is 10.1 Å². The maximum atomic E-state index is 12.5. The third-order valence-electron chi connectivity index (χ3n) is 4.20. The molecule has 0 saturated heterocycles. The SMILES string of the molecule is CCN(CC)S(=O)(=O)c1ccc(NC(=S)NC(=O)COc2ccc(Cl)cc2C)cc1. The van der Waals surface area contributed by atoms with Crippen molar-refractivity contribution in [2.45, 2.75) is 25.7 Å². The van der Waals surface area contributed by atoms with E-state index in [2.05, 4.69) is 10.6 Å². The van der Waals surface area contributed by atoms with Crippen molar-refractivity contribution in [2.75, 3.05) is 25.0 Å². The van der Waals surface area contributed by atoms with Crippen molar-refractivity contribution < 1.29 is 17.9 Å². The molecule has 0 heterocycles. The number of hydrogen-bond donors (Lipinski definition) is 2. The quantitative estimate of drug-likeness (QED) is 0.574. The molecule has 2 rings (SSSR count). The molecule has 0 atom stereocenters. The minimum absolute atomic E-state index is 0.0794. The molecule has 2 aromatic carbocycles. The Balaban J connectivity index is 1.90. The molecular formula is C20H24ClN3O4S2. The van der Waals surface area contributed by atoms with Crippen molar-refractivity contribution >= 4 is 50.5 Å². The number of carbonyl (C=O) groups excluding carboxylic acids is 1. The van der Waals surface area contributed by atoms with Gasteiger partial charge >= 0.3 is 0 Å². The minimum Gasteiger partial charge on any atom is -0.483 e. The van der Waals surface area contributed by atoms with Gasteiger partial charge in [0.2, 0.25) is 10.0 Å². The summed E-state index contributed by atoms with van der Waals surface area (Å²) in [5, 5.41) is 6.03. The Morgan fingerprint density at radius 1 is 1.13 bits per heavy atom. The van der Waals surface area contributed by atoms with Crippen LogP contribution in [0.4, 0.5) is 5.69 Å². The first kappa shape index (κ1) is 24.1. The lowest BCUT2D eigenvalue weighted by molar-refractivity contribution is -0.121. The second-order valence-electron chi connectivity index (χ2n) is 6.31. The van der Waals surface area contributed by atoms with Gasteiger partial charge in [-0.1, -0.05) is 25.4 Å². The molecule has 0 aliphatic rings. The van der Waals surface area contributed by atoms with E-state index in [9.17, 15) is 13.2 Å². The number of aryl methyl sites for hydroxylation is 1. The average Bonchev–Trinajstić information content (AvgIpc) is 2.68. The fourth-order valence-electron chi connectivity index (χ4n) is 2.67. The molecule has 0 aliphatic heterocycles. The van der Waals surface area contributed by atoms with Crippen molar-refractivity contribution in [3.8, 4) is 5.75 Å². The number of thiocarbonyl (C=S) groups is 1. The summed E-state index contributed by atoms with van der Waals surface area (Å²) in [6.07, 6.45) is 0. The summed E-state index contributed by atoms with van der Waals surface area (Å²) in [4.78, 5) is 12.2. The van der Waals surface area contributed by atoms with Crippen LogP contribution in [0.5, 0.6) is 5.75 Å². The number of amides is 1. The van der Waals surface area contributed by atoms with E-state index in [1.807, 2.05) is 6.92 Å². The number of carbonyl (C=O) groups is 1. The van der Waals surface area contributed by atoms with Crippen molar-refractivity contribution in [3.63, 3.8) is 0 Å². The highest BCUT2D eigenvalue weighted by atomic mass is 35.5.